The molecule has 0 spiro atoms. The van der Waals surface area contributed by atoms with Gasteiger partial charge in [-0.15, -0.1) is 0 Å². The zero-order valence-corrected chi connectivity index (χ0v) is 15.8. The van der Waals surface area contributed by atoms with Crippen LogP contribution in [0.4, 0.5) is 0 Å². The standard InChI is InChI=1S/C24H21NO4/c26-15-16-6-8-17(9-7-16)22-13-12-20(29-22)14-21(23(27)18-10-11-18)25-24(28)19-4-2-1-3-5-19/h1-9,12-14,18,26H,10-11,15H2,(H,25,28)/b21-14-. The third-order valence-electron chi connectivity index (χ3n) is 4.83. The van der Waals surface area contributed by atoms with Crippen molar-refractivity contribution in [3.63, 3.8) is 0 Å². The normalized spacial score (nSPS) is 13.9. The number of furan rings is 1. The lowest BCUT2D eigenvalue weighted by atomic mass is 10.1. The van der Waals surface area contributed by atoms with E-state index < -0.39 is 0 Å². The van der Waals surface area contributed by atoms with Gasteiger partial charge >= 0.3 is 0 Å². The second-order valence-electron chi connectivity index (χ2n) is 7.07. The van der Waals surface area contributed by atoms with Gasteiger partial charge in [0.05, 0.1) is 12.3 Å². The summed E-state index contributed by atoms with van der Waals surface area (Å²) in [4.78, 5) is 25.2. The molecule has 1 amide bonds. The molecule has 0 bridgehead atoms. The molecule has 0 aliphatic heterocycles. The quantitative estimate of drug-likeness (QED) is 0.596. The predicted molar refractivity (Wildman–Crippen MR) is 110 cm³/mol. The second kappa shape index (κ2) is 8.29. The van der Waals surface area contributed by atoms with Crippen LogP contribution in [0.3, 0.4) is 0 Å². The Balaban J connectivity index is 1.58. The fourth-order valence-electron chi connectivity index (χ4n) is 3.02. The first-order valence-corrected chi connectivity index (χ1v) is 9.56. The van der Waals surface area contributed by atoms with Crippen LogP contribution in [0.1, 0.15) is 34.5 Å². The molecule has 0 atom stereocenters. The first-order valence-electron chi connectivity index (χ1n) is 9.56. The van der Waals surface area contributed by atoms with E-state index in [1.54, 1.807) is 36.4 Å². The number of hydrogen-bond acceptors (Lipinski definition) is 4. The highest BCUT2D eigenvalue weighted by molar-refractivity contribution is 6.07. The van der Waals surface area contributed by atoms with E-state index in [1.807, 2.05) is 36.4 Å². The summed E-state index contributed by atoms with van der Waals surface area (Å²) >= 11 is 0. The van der Waals surface area contributed by atoms with Gasteiger partial charge in [0.25, 0.3) is 5.91 Å². The summed E-state index contributed by atoms with van der Waals surface area (Å²) in [5, 5.41) is 11.9. The Hall–Kier alpha value is -3.44. The maximum Gasteiger partial charge on any atom is 0.255 e. The molecule has 146 valence electrons. The summed E-state index contributed by atoms with van der Waals surface area (Å²) in [6.45, 7) is -0.0137. The molecule has 1 heterocycles. The van der Waals surface area contributed by atoms with Gasteiger partial charge < -0.3 is 14.8 Å². The number of carbonyl (C=O) groups excluding carboxylic acids is 2. The minimum absolute atomic E-state index is 0.0137. The van der Waals surface area contributed by atoms with E-state index in [1.165, 1.54) is 0 Å². The van der Waals surface area contributed by atoms with Crippen molar-refractivity contribution in [1.82, 2.24) is 5.32 Å². The summed E-state index contributed by atoms with van der Waals surface area (Å²) in [6.07, 6.45) is 3.28. The highest BCUT2D eigenvalue weighted by atomic mass is 16.3. The molecule has 1 aromatic heterocycles. The molecule has 0 unspecified atom stereocenters. The van der Waals surface area contributed by atoms with Crippen LogP contribution < -0.4 is 5.32 Å². The lowest BCUT2D eigenvalue weighted by Gasteiger charge is -2.08. The van der Waals surface area contributed by atoms with Crippen molar-refractivity contribution >= 4 is 17.8 Å². The second-order valence-corrected chi connectivity index (χ2v) is 7.07. The Morgan fingerprint density at radius 2 is 1.72 bits per heavy atom. The van der Waals surface area contributed by atoms with Gasteiger partial charge in [-0.1, -0.05) is 42.5 Å². The van der Waals surface area contributed by atoms with Crippen molar-refractivity contribution in [3.8, 4) is 11.3 Å². The van der Waals surface area contributed by atoms with Crippen molar-refractivity contribution < 1.29 is 19.1 Å². The van der Waals surface area contributed by atoms with Crippen molar-refractivity contribution in [2.75, 3.05) is 0 Å². The number of aliphatic hydroxyl groups is 1. The molecule has 5 heteroatoms. The third-order valence-corrected chi connectivity index (χ3v) is 4.83. The molecule has 1 saturated carbocycles. The molecule has 4 rings (SSSR count). The first-order chi connectivity index (χ1) is 14.1. The van der Waals surface area contributed by atoms with Crippen molar-refractivity contribution in [2.24, 2.45) is 5.92 Å². The number of rotatable bonds is 7. The number of aliphatic hydroxyl groups excluding tert-OH is 1. The van der Waals surface area contributed by atoms with Gasteiger partial charge in [0.15, 0.2) is 5.78 Å². The van der Waals surface area contributed by atoms with Crippen molar-refractivity contribution in [3.05, 3.63) is 89.3 Å². The Morgan fingerprint density at radius 3 is 2.38 bits per heavy atom. The fraction of sp³-hybridized carbons (Fsp3) is 0.167. The van der Waals surface area contributed by atoms with Gasteiger partial charge in [0, 0.05) is 23.1 Å². The van der Waals surface area contributed by atoms with E-state index in [2.05, 4.69) is 5.32 Å². The average Bonchev–Trinajstić information content (AvgIpc) is 3.52. The zero-order chi connectivity index (χ0) is 20.2. The van der Waals surface area contributed by atoms with Crippen molar-refractivity contribution in [1.29, 1.82) is 0 Å². The van der Waals surface area contributed by atoms with Gasteiger partial charge in [-0.3, -0.25) is 9.59 Å². The molecular weight excluding hydrogens is 366 g/mol. The van der Waals surface area contributed by atoms with E-state index in [0.29, 0.717) is 17.1 Å². The highest BCUT2D eigenvalue weighted by Gasteiger charge is 2.32. The summed E-state index contributed by atoms with van der Waals surface area (Å²) in [5.41, 5.74) is 2.43. The highest BCUT2D eigenvalue weighted by Crippen LogP contribution is 2.32. The van der Waals surface area contributed by atoms with Crippen molar-refractivity contribution in [2.45, 2.75) is 19.4 Å². The minimum Gasteiger partial charge on any atom is -0.457 e. The maximum atomic E-state index is 12.7. The van der Waals surface area contributed by atoms with Crippen LogP contribution in [0.15, 0.2) is 76.8 Å². The number of Topliss-reactive ketones (excluding diaryl/α,β-unsaturated/α-hetero) is 1. The van der Waals surface area contributed by atoms with E-state index in [9.17, 15) is 9.59 Å². The number of nitrogens with one attached hydrogen (secondary N) is 1. The van der Waals surface area contributed by atoms with Crippen LogP contribution in [-0.2, 0) is 11.4 Å². The summed E-state index contributed by atoms with van der Waals surface area (Å²) in [6, 6.07) is 19.8. The lowest BCUT2D eigenvalue weighted by molar-refractivity contribution is -0.116. The maximum absolute atomic E-state index is 12.7. The van der Waals surface area contributed by atoms with Gasteiger partial charge in [-0.2, -0.15) is 0 Å². The van der Waals surface area contributed by atoms with E-state index in [-0.39, 0.29) is 29.9 Å². The summed E-state index contributed by atoms with van der Waals surface area (Å²) < 4.78 is 5.87. The van der Waals surface area contributed by atoms with Crippen LogP contribution >= 0.6 is 0 Å². The Bertz CT molecular complexity index is 1040. The zero-order valence-electron chi connectivity index (χ0n) is 15.8. The van der Waals surface area contributed by atoms with Gasteiger partial charge in [0.2, 0.25) is 0 Å². The number of ketones is 1. The molecule has 0 radical (unpaired) electrons. The first kappa shape index (κ1) is 18.9. The Labute approximate surface area is 168 Å². The number of benzene rings is 2. The molecular formula is C24H21NO4. The van der Waals surface area contributed by atoms with E-state index in [4.69, 9.17) is 9.52 Å². The summed E-state index contributed by atoms with van der Waals surface area (Å²) in [7, 11) is 0. The molecule has 1 aliphatic carbocycles. The van der Waals surface area contributed by atoms with E-state index in [0.717, 1.165) is 24.0 Å². The third kappa shape index (κ3) is 4.52. The van der Waals surface area contributed by atoms with Gasteiger partial charge in [0.1, 0.15) is 11.5 Å². The Morgan fingerprint density at radius 1 is 1.00 bits per heavy atom. The van der Waals surface area contributed by atoms with E-state index >= 15 is 0 Å². The van der Waals surface area contributed by atoms with Crippen LogP contribution in [0.2, 0.25) is 0 Å². The Kier molecular flexibility index (Phi) is 5.40. The van der Waals surface area contributed by atoms with Crippen LogP contribution in [0.25, 0.3) is 17.4 Å². The predicted octanol–water partition coefficient (Wildman–Crippen LogP) is 4.19. The molecule has 2 aromatic carbocycles. The number of carbonyl (C=O) groups is 2. The fourth-order valence-corrected chi connectivity index (χ4v) is 3.02. The SMILES string of the molecule is O=C(N/C(=C\c1ccc(-c2ccc(CO)cc2)o1)C(=O)C1CC1)c1ccccc1. The number of amides is 1. The number of hydrogen-bond donors (Lipinski definition) is 2. The molecule has 3 aromatic rings. The average molecular weight is 387 g/mol. The number of allylic oxidation sites excluding steroid dienone is 1. The van der Waals surface area contributed by atoms with Gasteiger partial charge in [-0.25, -0.2) is 0 Å². The summed E-state index contributed by atoms with van der Waals surface area (Å²) in [5.74, 6) is 0.714. The molecule has 1 fully saturated rings. The minimum atomic E-state index is -0.322. The molecule has 2 N–H and O–H groups in total. The topological polar surface area (TPSA) is 79.5 Å². The molecule has 5 nitrogen and oxygen atoms in total. The van der Waals surface area contributed by atoms with Crippen LogP contribution in [0, 0.1) is 5.92 Å². The van der Waals surface area contributed by atoms with Crippen LogP contribution in [-0.4, -0.2) is 16.8 Å². The van der Waals surface area contributed by atoms with Crippen LogP contribution in [0.5, 0.6) is 0 Å². The largest absolute Gasteiger partial charge is 0.457 e. The monoisotopic (exact) mass is 387 g/mol. The smallest absolute Gasteiger partial charge is 0.255 e. The molecule has 29 heavy (non-hydrogen) atoms. The molecule has 1 aliphatic rings. The van der Waals surface area contributed by atoms with Gasteiger partial charge in [-0.05, 0) is 42.7 Å². The molecule has 0 saturated heterocycles. The lowest BCUT2D eigenvalue weighted by Crippen LogP contribution is -2.28.